The summed E-state index contributed by atoms with van der Waals surface area (Å²) in [6.07, 6.45) is 0. The third kappa shape index (κ3) is 2.51. The van der Waals surface area contributed by atoms with E-state index in [0.717, 1.165) is 0 Å². The summed E-state index contributed by atoms with van der Waals surface area (Å²) >= 11 is 9.76. The molecule has 1 aliphatic rings. The van der Waals surface area contributed by atoms with Gasteiger partial charge in [0.25, 0.3) is 0 Å². The van der Waals surface area contributed by atoms with Crippen molar-refractivity contribution >= 4 is 29.7 Å². The molecule has 0 bridgehead atoms. The summed E-state index contributed by atoms with van der Waals surface area (Å²) in [5.74, 6) is 0. The minimum absolute atomic E-state index is 0.0844. The van der Waals surface area contributed by atoms with Gasteiger partial charge in [0.15, 0.2) is 0 Å². The van der Waals surface area contributed by atoms with Gasteiger partial charge in [-0.15, -0.1) is 0 Å². The molecule has 0 saturated carbocycles. The minimum Gasteiger partial charge on any atom is -0.691 e. The van der Waals surface area contributed by atoms with Crippen LogP contribution in [-0.2, 0) is 33.1 Å². The first kappa shape index (κ1) is 9.01. The maximum atomic E-state index is 5.20. The molecule has 0 atom stereocenters. The van der Waals surface area contributed by atoms with Crippen LogP contribution in [0.2, 0.25) is 0 Å². The predicted octanol–water partition coefficient (Wildman–Crippen LogP) is 1.83. The molecule has 0 aromatic rings. The van der Waals surface area contributed by atoms with Crippen molar-refractivity contribution in [3.8, 4) is 0 Å². The van der Waals surface area contributed by atoms with Crippen molar-refractivity contribution in [1.29, 1.82) is 0 Å². The Kier molecular flexibility index (Phi) is 2.48. The second-order valence-electron chi connectivity index (χ2n) is 3.16. The lowest BCUT2D eigenvalue weighted by Gasteiger charge is -2.40. The number of hydrogen-bond acceptors (Lipinski definition) is 4. The van der Waals surface area contributed by atoms with Gasteiger partial charge in [0.05, 0.1) is 18.9 Å². The minimum atomic E-state index is -2.25. The van der Waals surface area contributed by atoms with Crippen LogP contribution in [0.4, 0.5) is 0 Å². The first-order chi connectivity index (χ1) is 4.41. The van der Waals surface area contributed by atoms with Crippen molar-refractivity contribution < 1.29 is 9.05 Å². The molecule has 0 N–H and O–H groups in total. The number of hydrogen-bond donors (Lipinski definition) is 0. The molecule has 1 aliphatic heterocycles. The van der Waals surface area contributed by atoms with Gasteiger partial charge < -0.3 is 21.3 Å². The Balaban J connectivity index is 2.54. The Hall–Kier alpha value is 0.920. The third-order valence-corrected chi connectivity index (χ3v) is 3.38. The van der Waals surface area contributed by atoms with Crippen molar-refractivity contribution in [2.24, 2.45) is 5.41 Å². The highest BCUT2D eigenvalue weighted by molar-refractivity contribution is 8.51. The summed E-state index contributed by atoms with van der Waals surface area (Å²) < 4.78 is 10.4. The SMILES string of the molecule is CC1(C)COP(=S)([S-])OC1. The van der Waals surface area contributed by atoms with Gasteiger partial charge in [-0.2, -0.15) is 0 Å². The van der Waals surface area contributed by atoms with Gasteiger partial charge in [-0.3, -0.25) is 0 Å². The zero-order chi connectivity index (χ0) is 7.83. The summed E-state index contributed by atoms with van der Waals surface area (Å²) in [5.41, 5.74) is -2.17. The average Bonchev–Trinajstić information content (AvgIpc) is 1.79. The fraction of sp³-hybridized carbons (Fsp3) is 1.00. The highest BCUT2D eigenvalue weighted by Gasteiger charge is 2.25. The van der Waals surface area contributed by atoms with Crippen molar-refractivity contribution in [3.63, 3.8) is 0 Å². The fourth-order valence-electron chi connectivity index (χ4n) is 0.587. The molecule has 0 amide bonds. The summed E-state index contributed by atoms with van der Waals surface area (Å²) in [6.45, 7) is 5.40. The Bertz CT molecular complexity index is 166. The third-order valence-electron chi connectivity index (χ3n) is 1.23. The van der Waals surface area contributed by atoms with Gasteiger partial charge in [-0.25, -0.2) is 0 Å². The van der Waals surface area contributed by atoms with E-state index in [4.69, 9.17) is 33.1 Å². The van der Waals surface area contributed by atoms with E-state index in [-0.39, 0.29) is 5.41 Å². The lowest BCUT2D eigenvalue weighted by atomic mass is 9.97. The Labute approximate surface area is 71.6 Å². The highest BCUT2D eigenvalue weighted by atomic mass is 32.9. The van der Waals surface area contributed by atoms with Crippen LogP contribution in [0.15, 0.2) is 0 Å². The molecule has 0 spiro atoms. The zero-order valence-electron chi connectivity index (χ0n) is 5.99. The van der Waals surface area contributed by atoms with Crippen LogP contribution in [0, 0.1) is 5.41 Å². The first-order valence-electron chi connectivity index (χ1n) is 3.01. The molecular weight excluding hydrogens is 187 g/mol. The molecular formula is C5H10O2PS2-. The molecule has 1 saturated heterocycles. The van der Waals surface area contributed by atoms with Crippen LogP contribution in [0.25, 0.3) is 0 Å². The van der Waals surface area contributed by atoms with Gasteiger partial charge in [0, 0.05) is 5.41 Å². The van der Waals surface area contributed by atoms with Crippen LogP contribution in [-0.4, -0.2) is 13.2 Å². The van der Waals surface area contributed by atoms with E-state index < -0.39 is 5.69 Å². The van der Waals surface area contributed by atoms with Crippen molar-refractivity contribution in [3.05, 3.63) is 0 Å². The molecule has 1 rings (SSSR count). The van der Waals surface area contributed by atoms with Crippen LogP contribution >= 0.6 is 5.69 Å². The number of rotatable bonds is 0. The van der Waals surface area contributed by atoms with E-state index in [1.165, 1.54) is 0 Å². The predicted molar refractivity (Wildman–Crippen MR) is 47.3 cm³/mol. The molecule has 0 aliphatic carbocycles. The lowest BCUT2D eigenvalue weighted by molar-refractivity contribution is 0.0673. The van der Waals surface area contributed by atoms with Crippen LogP contribution in [0.5, 0.6) is 0 Å². The van der Waals surface area contributed by atoms with Crippen LogP contribution < -0.4 is 0 Å². The molecule has 0 aromatic carbocycles. The first-order valence-corrected chi connectivity index (χ1v) is 6.67. The van der Waals surface area contributed by atoms with E-state index in [1.807, 2.05) is 0 Å². The van der Waals surface area contributed by atoms with Crippen molar-refractivity contribution in [2.45, 2.75) is 13.8 Å². The zero-order valence-corrected chi connectivity index (χ0v) is 8.52. The van der Waals surface area contributed by atoms with Gasteiger partial charge >= 0.3 is 0 Å². The normalized spacial score (nSPS) is 29.9. The molecule has 5 heteroatoms. The largest absolute Gasteiger partial charge is 0.691 e. The van der Waals surface area contributed by atoms with Crippen molar-refractivity contribution in [1.82, 2.24) is 0 Å². The van der Waals surface area contributed by atoms with Crippen molar-refractivity contribution in [2.75, 3.05) is 13.2 Å². The lowest BCUT2D eigenvalue weighted by Crippen LogP contribution is -2.28. The van der Waals surface area contributed by atoms with E-state index in [1.54, 1.807) is 0 Å². The molecule has 10 heavy (non-hydrogen) atoms. The Morgan fingerprint density at radius 1 is 1.40 bits per heavy atom. The van der Waals surface area contributed by atoms with Gasteiger partial charge in [-0.1, -0.05) is 25.7 Å². The topological polar surface area (TPSA) is 18.5 Å². The molecule has 0 radical (unpaired) electrons. The van der Waals surface area contributed by atoms with E-state index >= 15 is 0 Å². The summed E-state index contributed by atoms with van der Waals surface area (Å²) in [5, 5.41) is 0. The molecule has 1 fully saturated rings. The quantitative estimate of drug-likeness (QED) is 0.435. The maximum absolute atomic E-state index is 5.20. The van der Waals surface area contributed by atoms with E-state index in [9.17, 15) is 0 Å². The Morgan fingerprint density at radius 3 is 2.10 bits per heavy atom. The smallest absolute Gasteiger partial charge is 0.0596 e. The second-order valence-corrected chi connectivity index (χ2v) is 8.15. The second kappa shape index (κ2) is 2.76. The van der Waals surface area contributed by atoms with E-state index in [2.05, 4.69) is 13.8 Å². The summed E-state index contributed by atoms with van der Waals surface area (Å²) in [7, 11) is 0. The molecule has 2 nitrogen and oxygen atoms in total. The summed E-state index contributed by atoms with van der Waals surface area (Å²) in [4.78, 5) is 0. The maximum Gasteiger partial charge on any atom is 0.0596 e. The summed E-state index contributed by atoms with van der Waals surface area (Å²) in [6, 6.07) is 0. The standard InChI is InChI=1S/C5H11O2PS2/c1-5(2)3-6-8(9,10)7-4-5/h3-4H2,1-2H3,(H,9,10)/p-1. The van der Waals surface area contributed by atoms with E-state index in [0.29, 0.717) is 13.2 Å². The van der Waals surface area contributed by atoms with Gasteiger partial charge in [-0.05, 0) is 0 Å². The fourth-order valence-corrected chi connectivity index (χ4v) is 2.31. The highest BCUT2D eigenvalue weighted by Crippen LogP contribution is 2.51. The molecule has 60 valence electrons. The molecule has 0 aromatic heterocycles. The average molecular weight is 197 g/mol. The molecule has 0 unspecified atom stereocenters. The van der Waals surface area contributed by atoms with Gasteiger partial charge in [0.1, 0.15) is 0 Å². The van der Waals surface area contributed by atoms with Crippen LogP contribution in [0.3, 0.4) is 0 Å². The monoisotopic (exact) mass is 197 g/mol. The Morgan fingerprint density at radius 2 is 1.80 bits per heavy atom. The molecule has 1 heterocycles. The van der Waals surface area contributed by atoms with Gasteiger partial charge in [0.2, 0.25) is 0 Å². The van der Waals surface area contributed by atoms with Crippen LogP contribution in [0.1, 0.15) is 13.8 Å².